The van der Waals surface area contributed by atoms with Crippen LogP contribution in [0.1, 0.15) is 0 Å². The molecule has 0 atom stereocenters. The van der Waals surface area contributed by atoms with Crippen LogP contribution in [0.15, 0.2) is 219 Å². The first-order valence-electron chi connectivity index (χ1n) is 15.7. The molecule has 8 heteroatoms. The number of aromatic nitrogens is 4. The molecule has 8 aromatic rings. The van der Waals surface area contributed by atoms with Crippen LogP contribution in [0, 0.1) is 0 Å². The van der Waals surface area contributed by atoms with Gasteiger partial charge in [-0.25, -0.2) is 0 Å². The second-order valence-electron chi connectivity index (χ2n) is 10.3. The molecule has 0 fully saturated rings. The molecule has 0 unspecified atom stereocenters. The van der Waals surface area contributed by atoms with Crippen molar-refractivity contribution >= 4 is 0 Å². The van der Waals surface area contributed by atoms with E-state index in [2.05, 4.69) is 68.5 Å². The van der Waals surface area contributed by atoms with Crippen molar-refractivity contribution < 1.29 is 65.0 Å². The standard InChI is InChI=1S/4C11H9N.2ClH.2Ir/c4*1-2-6-10(7-3-1)11-8-4-5-9-12-11;;;;/h4*1-9H;2*1H;;/p-2. The van der Waals surface area contributed by atoms with Crippen LogP contribution in [0.4, 0.5) is 0 Å². The van der Waals surface area contributed by atoms with Crippen molar-refractivity contribution in [2.45, 2.75) is 0 Å². The Morgan fingerprint density at radius 2 is 0.385 bits per heavy atom. The van der Waals surface area contributed by atoms with Gasteiger partial charge in [0, 0.05) is 87.3 Å². The Morgan fingerprint density at radius 3 is 0.538 bits per heavy atom. The van der Waals surface area contributed by atoms with Crippen LogP contribution in [0.5, 0.6) is 0 Å². The first-order valence-corrected chi connectivity index (χ1v) is 15.7. The summed E-state index contributed by atoms with van der Waals surface area (Å²) in [6.07, 6.45) is 7.23. The molecule has 0 spiro atoms. The molecule has 2 radical (unpaired) electrons. The van der Waals surface area contributed by atoms with Crippen LogP contribution >= 0.6 is 0 Å². The smallest absolute Gasteiger partial charge is 0.0701 e. The van der Waals surface area contributed by atoms with Gasteiger partial charge in [0.25, 0.3) is 0 Å². The summed E-state index contributed by atoms with van der Waals surface area (Å²) in [5, 5.41) is 0. The predicted molar refractivity (Wildman–Crippen MR) is 199 cm³/mol. The SMILES string of the molecule is [Cl-].[Cl-].[Ir].[Ir].c1ccc(-c2ccccn2)cc1.c1ccc(-c2ccccn2)cc1.c1ccc(-c2ccccn2)cc1.c1ccc(-c2ccccn2)cc1. The number of hydrogen-bond acceptors (Lipinski definition) is 4. The van der Waals surface area contributed by atoms with Gasteiger partial charge in [-0.05, 0) is 48.5 Å². The van der Waals surface area contributed by atoms with E-state index in [0.29, 0.717) is 0 Å². The fourth-order valence-corrected chi connectivity index (χ4v) is 4.57. The number of benzene rings is 4. The maximum Gasteiger partial charge on any atom is 0.0701 e. The van der Waals surface area contributed by atoms with Gasteiger partial charge in [0.2, 0.25) is 0 Å². The van der Waals surface area contributed by atoms with Gasteiger partial charge < -0.3 is 24.8 Å². The largest absolute Gasteiger partial charge is 1.00 e. The average molecular weight is 1080 g/mol. The van der Waals surface area contributed by atoms with Gasteiger partial charge in [-0.1, -0.05) is 146 Å². The summed E-state index contributed by atoms with van der Waals surface area (Å²) in [6, 6.07) is 64.3. The zero-order valence-corrected chi connectivity index (χ0v) is 34.3. The molecule has 8 rings (SSSR count). The molecule has 0 saturated carbocycles. The van der Waals surface area contributed by atoms with Gasteiger partial charge in [0.05, 0.1) is 22.8 Å². The minimum absolute atomic E-state index is 0. The van der Waals surface area contributed by atoms with Crippen molar-refractivity contribution in [1.29, 1.82) is 0 Å². The molecule has 4 nitrogen and oxygen atoms in total. The third-order valence-electron chi connectivity index (χ3n) is 6.94. The Balaban J connectivity index is 0.000000338. The monoisotopic (exact) mass is 1080 g/mol. The van der Waals surface area contributed by atoms with Gasteiger partial charge in [-0.2, -0.15) is 0 Å². The van der Waals surface area contributed by atoms with Crippen LogP contribution < -0.4 is 24.8 Å². The van der Waals surface area contributed by atoms with Crippen molar-refractivity contribution in [1.82, 2.24) is 19.9 Å². The normalized spacial score (nSPS) is 8.92. The summed E-state index contributed by atoms with van der Waals surface area (Å²) >= 11 is 0. The summed E-state index contributed by atoms with van der Waals surface area (Å²) in [6.45, 7) is 0. The van der Waals surface area contributed by atoms with Crippen LogP contribution in [0.2, 0.25) is 0 Å². The first kappa shape index (κ1) is 45.4. The van der Waals surface area contributed by atoms with E-state index >= 15 is 0 Å². The molecule has 0 aliphatic heterocycles. The Hall–Kier alpha value is -4.64. The van der Waals surface area contributed by atoms with E-state index in [1.54, 1.807) is 0 Å². The van der Waals surface area contributed by atoms with E-state index in [0.717, 1.165) is 45.0 Å². The van der Waals surface area contributed by atoms with Gasteiger partial charge >= 0.3 is 0 Å². The Labute approximate surface area is 346 Å². The molecule has 0 bridgehead atoms. The van der Waals surface area contributed by atoms with Crippen molar-refractivity contribution in [3.8, 4) is 45.0 Å². The Kier molecular flexibility index (Phi) is 23.6. The summed E-state index contributed by atoms with van der Waals surface area (Å²) < 4.78 is 0. The summed E-state index contributed by atoms with van der Waals surface area (Å²) in [5.74, 6) is 0. The molecule has 0 aliphatic carbocycles. The van der Waals surface area contributed by atoms with E-state index < -0.39 is 0 Å². The zero-order chi connectivity index (χ0) is 32.9. The van der Waals surface area contributed by atoms with E-state index in [-0.39, 0.29) is 65.0 Å². The van der Waals surface area contributed by atoms with Crippen LogP contribution in [-0.2, 0) is 40.2 Å². The molecule has 0 amide bonds. The minimum Gasteiger partial charge on any atom is -1.00 e. The Bertz CT molecular complexity index is 1530. The van der Waals surface area contributed by atoms with Crippen molar-refractivity contribution in [2.24, 2.45) is 0 Å². The van der Waals surface area contributed by atoms with E-state index in [4.69, 9.17) is 0 Å². The van der Waals surface area contributed by atoms with Gasteiger partial charge in [-0.3, -0.25) is 19.9 Å². The maximum atomic E-state index is 4.25. The third-order valence-corrected chi connectivity index (χ3v) is 6.94. The maximum absolute atomic E-state index is 4.25. The van der Waals surface area contributed by atoms with Gasteiger partial charge in [-0.15, -0.1) is 0 Å². The summed E-state index contributed by atoms with van der Waals surface area (Å²) in [4.78, 5) is 17.0. The topological polar surface area (TPSA) is 51.6 Å². The van der Waals surface area contributed by atoms with Crippen molar-refractivity contribution in [2.75, 3.05) is 0 Å². The van der Waals surface area contributed by atoms with Crippen molar-refractivity contribution in [3.63, 3.8) is 0 Å². The quantitative estimate of drug-likeness (QED) is 0.250. The fraction of sp³-hybridized carbons (Fsp3) is 0. The molecular weight excluding hydrogens is 1040 g/mol. The molecule has 4 heterocycles. The molecular formula is C44H36Cl2Ir2N4-2. The van der Waals surface area contributed by atoms with Crippen molar-refractivity contribution in [3.05, 3.63) is 219 Å². The molecule has 52 heavy (non-hydrogen) atoms. The zero-order valence-electron chi connectivity index (χ0n) is 28.0. The number of pyridine rings is 4. The Morgan fingerprint density at radius 1 is 0.212 bits per heavy atom. The molecule has 4 aromatic carbocycles. The van der Waals surface area contributed by atoms with E-state index in [9.17, 15) is 0 Å². The number of rotatable bonds is 4. The van der Waals surface area contributed by atoms with E-state index in [1.807, 2.05) is 170 Å². The summed E-state index contributed by atoms with van der Waals surface area (Å²) in [5.41, 5.74) is 8.76. The second kappa shape index (κ2) is 27.1. The molecule has 0 N–H and O–H groups in total. The molecule has 266 valence electrons. The average Bonchev–Trinajstić information content (AvgIpc) is 3.21. The third kappa shape index (κ3) is 15.7. The minimum atomic E-state index is 0. The molecule has 0 saturated heterocycles. The second-order valence-corrected chi connectivity index (χ2v) is 10.3. The fourth-order valence-electron chi connectivity index (χ4n) is 4.57. The van der Waals surface area contributed by atoms with Crippen LogP contribution in [0.25, 0.3) is 45.0 Å². The number of hydrogen-bond donors (Lipinski definition) is 0. The first-order chi connectivity index (χ1) is 23.9. The van der Waals surface area contributed by atoms with Crippen LogP contribution in [-0.4, -0.2) is 19.9 Å². The van der Waals surface area contributed by atoms with Gasteiger partial charge in [0.15, 0.2) is 0 Å². The predicted octanol–water partition coefficient (Wildman–Crippen LogP) is 5.00. The summed E-state index contributed by atoms with van der Waals surface area (Å²) in [7, 11) is 0. The van der Waals surface area contributed by atoms with E-state index in [1.165, 1.54) is 0 Å². The van der Waals surface area contributed by atoms with Crippen LogP contribution in [0.3, 0.4) is 0 Å². The molecule has 4 aromatic heterocycles. The number of nitrogens with zero attached hydrogens (tertiary/aromatic N) is 4. The van der Waals surface area contributed by atoms with Gasteiger partial charge in [0.1, 0.15) is 0 Å². The number of halogens is 2. The molecule has 0 aliphatic rings.